The van der Waals surface area contributed by atoms with Crippen LogP contribution < -0.4 is 11.3 Å². The van der Waals surface area contributed by atoms with Gasteiger partial charge in [-0.05, 0) is 25.7 Å². The zero-order valence-corrected chi connectivity index (χ0v) is 10.4. The second kappa shape index (κ2) is 5.17. The number of rotatable bonds is 4. The number of hydrogen-bond acceptors (Lipinski definition) is 3. The van der Waals surface area contributed by atoms with Gasteiger partial charge in [-0.25, -0.2) is 0 Å². The molecule has 1 aliphatic rings. The predicted molar refractivity (Wildman–Crippen MR) is 64.9 cm³/mol. The van der Waals surface area contributed by atoms with E-state index in [-0.39, 0.29) is 6.04 Å². The van der Waals surface area contributed by atoms with Crippen molar-refractivity contribution < 1.29 is 0 Å². The van der Waals surface area contributed by atoms with Crippen LogP contribution in [-0.2, 0) is 6.54 Å². The molecule has 5 heteroatoms. The molecular weight excluding hydrogens is 224 g/mol. The molecule has 1 saturated carbocycles. The molecule has 1 fully saturated rings. The van der Waals surface area contributed by atoms with E-state index in [9.17, 15) is 0 Å². The van der Waals surface area contributed by atoms with Gasteiger partial charge in [-0.2, -0.15) is 5.10 Å². The Labute approximate surface area is 101 Å². The maximum atomic E-state index is 6.20. The highest BCUT2D eigenvalue weighted by atomic mass is 35.5. The Morgan fingerprint density at radius 1 is 1.62 bits per heavy atom. The minimum atomic E-state index is 0.137. The van der Waals surface area contributed by atoms with Gasteiger partial charge in [-0.15, -0.1) is 0 Å². The Bertz CT molecular complexity index is 344. The van der Waals surface area contributed by atoms with E-state index in [0.29, 0.717) is 5.92 Å². The molecule has 0 aliphatic heterocycles. The molecule has 0 bridgehead atoms. The summed E-state index contributed by atoms with van der Waals surface area (Å²) in [5.41, 5.74) is 3.96. The summed E-state index contributed by atoms with van der Waals surface area (Å²) in [4.78, 5) is 0. The van der Waals surface area contributed by atoms with Gasteiger partial charge in [0.05, 0.1) is 23.0 Å². The van der Waals surface area contributed by atoms with Gasteiger partial charge in [-0.1, -0.05) is 24.4 Å². The van der Waals surface area contributed by atoms with Crippen molar-refractivity contribution in [2.24, 2.45) is 11.8 Å². The summed E-state index contributed by atoms with van der Waals surface area (Å²) in [5.74, 6) is 6.27. The quantitative estimate of drug-likeness (QED) is 0.629. The molecule has 2 rings (SSSR count). The molecule has 0 amide bonds. The van der Waals surface area contributed by atoms with Crippen LogP contribution in [0.15, 0.2) is 6.20 Å². The second-order valence-corrected chi connectivity index (χ2v) is 4.79. The molecule has 16 heavy (non-hydrogen) atoms. The molecule has 3 N–H and O–H groups in total. The van der Waals surface area contributed by atoms with Crippen molar-refractivity contribution in [3.8, 4) is 0 Å². The van der Waals surface area contributed by atoms with Gasteiger partial charge in [0.15, 0.2) is 0 Å². The lowest BCUT2D eigenvalue weighted by molar-refractivity contribution is 0.351. The number of nitrogens with zero attached hydrogens (tertiary/aromatic N) is 2. The van der Waals surface area contributed by atoms with Crippen LogP contribution in [0.2, 0.25) is 5.02 Å². The monoisotopic (exact) mass is 242 g/mol. The molecule has 1 aliphatic carbocycles. The van der Waals surface area contributed by atoms with E-state index in [1.165, 1.54) is 25.7 Å². The fraction of sp³-hybridized carbons (Fsp3) is 0.727. The van der Waals surface area contributed by atoms with E-state index in [0.717, 1.165) is 17.3 Å². The molecule has 0 spiro atoms. The van der Waals surface area contributed by atoms with Crippen LogP contribution in [0.5, 0.6) is 0 Å². The molecule has 0 radical (unpaired) electrons. The number of aromatic nitrogens is 2. The smallest absolute Gasteiger partial charge is 0.0834 e. The van der Waals surface area contributed by atoms with Gasteiger partial charge in [0.1, 0.15) is 0 Å². The average Bonchev–Trinajstić information content (AvgIpc) is 2.91. The topological polar surface area (TPSA) is 55.9 Å². The second-order valence-electron chi connectivity index (χ2n) is 4.38. The van der Waals surface area contributed by atoms with Crippen molar-refractivity contribution in [2.45, 2.75) is 45.2 Å². The van der Waals surface area contributed by atoms with Crippen molar-refractivity contribution in [3.05, 3.63) is 16.9 Å². The van der Waals surface area contributed by atoms with Gasteiger partial charge in [0.2, 0.25) is 0 Å². The lowest BCUT2D eigenvalue weighted by atomic mass is 9.96. The van der Waals surface area contributed by atoms with Crippen LogP contribution >= 0.6 is 11.6 Å². The first kappa shape index (κ1) is 11.9. The van der Waals surface area contributed by atoms with Crippen molar-refractivity contribution in [1.82, 2.24) is 15.2 Å². The van der Waals surface area contributed by atoms with Crippen LogP contribution in [0.3, 0.4) is 0 Å². The van der Waals surface area contributed by atoms with Crippen LogP contribution in [0, 0.1) is 5.92 Å². The fourth-order valence-electron chi connectivity index (χ4n) is 2.66. The SMILES string of the molecule is CCn1ncc(Cl)c1C(NN)C1CCCC1. The minimum absolute atomic E-state index is 0.137. The number of nitrogens with two attached hydrogens (primary N) is 1. The summed E-state index contributed by atoms with van der Waals surface area (Å²) < 4.78 is 1.94. The van der Waals surface area contributed by atoms with E-state index >= 15 is 0 Å². The van der Waals surface area contributed by atoms with Gasteiger partial charge < -0.3 is 0 Å². The third-order valence-electron chi connectivity index (χ3n) is 3.48. The van der Waals surface area contributed by atoms with Gasteiger partial charge >= 0.3 is 0 Å². The summed E-state index contributed by atoms with van der Waals surface area (Å²) in [6, 6.07) is 0.137. The van der Waals surface area contributed by atoms with E-state index in [2.05, 4.69) is 17.4 Å². The predicted octanol–water partition coefficient (Wildman–Crippen LogP) is 2.25. The Morgan fingerprint density at radius 2 is 2.31 bits per heavy atom. The molecule has 1 aromatic heterocycles. The highest BCUT2D eigenvalue weighted by Crippen LogP contribution is 2.37. The highest BCUT2D eigenvalue weighted by molar-refractivity contribution is 6.31. The summed E-state index contributed by atoms with van der Waals surface area (Å²) in [6.45, 7) is 2.89. The average molecular weight is 243 g/mol. The Hall–Kier alpha value is -0.580. The third kappa shape index (κ3) is 2.10. The lowest BCUT2D eigenvalue weighted by Gasteiger charge is -2.23. The molecule has 1 atom stereocenters. The molecule has 4 nitrogen and oxygen atoms in total. The van der Waals surface area contributed by atoms with Crippen molar-refractivity contribution in [3.63, 3.8) is 0 Å². The number of nitrogens with one attached hydrogen (secondary N) is 1. The van der Waals surface area contributed by atoms with Crippen molar-refractivity contribution in [2.75, 3.05) is 0 Å². The first-order chi connectivity index (χ1) is 7.77. The van der Waals surface area contributed by atoms with Gasteiger partial charge in [-0.3, -0.25) is 16.0 Å². The van der Waals surface area contributed by atoms with Crippen molar-refractivity contribution >= 4 is 11.6 Å². The Balaban J connectivity index is 2.27. The van der Waals surface area contributed by atoms with E-state index in [4.69, 9.17) is 17.4 Å². The summed E-state index contributed by atoms with van der Waals surface area (Å²) in [7, 11) is 0. The molecule has 1 heterocycles. The maximum Gasteiger partial charge on any atom is 0.0834 e. The van der Waals surface area contributed by atoms with Gasteiger partial charge in [0.25, 0.3) is 0 Å². The van der Waals surface area contributed by atoms with Gasteiger partial charge in [0, 0.05) is 6.54 Å². The number of aryl methyl sites for hydroxylation is 1. The lowest BCUT2D eigenvalue weighted by Crippen LogP contribution is -2.34. The zero-order valence-electron chi connectivity index (χ0n) is 9.62. The molecule has 0 saturated heterocycles. The molecule has 1 aromatic rings. The normalized spacial score (nSPS) is 19.2. The largest absolute Gasteiger partial charge is 0.271 e. The number of halogens is 1. The van der Waals surface area contributed by atoms with E-state index < -0.39 is 0 Å². The van der Waals surface area contributed by atoms with E-state index in [1.807, 2.05) is 4.68 Å². The molecule has 90 valence electrons. The third-order valence-corrected chi connectivity index (χ3v) is 3.77. The number of hydrazine groups is 1. The van der Waals surface area contributed by atoms with Crippen LogP contribution in [-0.4, -0.2) is 9.78 Å². The first-order valence-electron chi connectivity index (χ1n) is 5.95. The van der Waals surface area contributed by atoms with Crippen LogP contribution in [0.1, 0.15) is 44.3 Å². The Morgan fingerprint density at radius 3 is 2.88 bits per heavy atom. The Kier molecular flexibility index (Phi) is 3.84. The minimum Gasteiger partial charge on any atom is -0.271 e. The summed E-state index contributed by atoms with van der Waals surface area (Å²) in [6.07, 6.45) is 6.74. The van der Waals surface area contributed by atoms with Crippen LogP contribution in [0.25, 0.3) is 0 Å². The van der Waals surface area contributed by atoms with Crippen LogP contribution in [0.4, 0.5) is 0 Å². The number of hydrogen-bond donors (Lipinski definition) is 2. The molecule has 1 unspecified atom stereocenters. The van der Waals surface area contributed by atoms with E-state index in [1.54, 1.807) is 6.20 Å². The standard InChI is InChI=1S/C11H19ClN4/c1-2-16-11(9(12)7-14-16)10(15-13)8-5-3-4-6-8/h7-8,10,15H,2-6,13H2,1H3. The zero-order chi connectivity index (χ0) is 11.5. The summed E-state index contributed by atoms with van der Waals surface area (Å²) in [5, 5.41) is 4.98. The maximum absolute atomic E-state index is 6.20. The first-order valence-corrected chi connectivity index (χ1v) is 6.33. The fourth-order valence-corrected chi connectivity index (χ4v) is 2.92. The molecule has 0 aromatic carbocycles. The van der Waals surface area contributed by atoms with Crippen molar-refractivity contribution in [1.29, 1.82) is 0 Å². The summed E-state index contributed by atoms with van der Waals surface area (Å²) >= 11 is 6.20. The molecular formula is C11H19ClN4. The highest BCUT2D eigenvalue weighted by Gasteiger charge is 2.29.